The Morgan fingerprint density at radius 2 is 2.03 bits per heavy atom. The molecule has 1 unspecified atom stereocenters. The van der Waals surface area contributed by atoms with Crippen molar-refractivity contribution in [2.45, 2.75) is 64.3 Å². The summed E-state index contributed by atoms with van der Waals surface area (Å²) in [5, 5.41) is 5.16. The first-order valence-corrected chi connectivity index (χ1v) is 11.4. The number of aromatic nitrogens is 3. The number of nitrogens with zero attached hydrogens (tertiary/aromatic N) is 4. The molecule has 0 spiro atoms. The fourth-order valence-corrected chi connectivity index (χ4v) is 5.37. The molecule has 31 heavy (non-hydrogen) atoms. The predicted molar refractivity (Wildman–Crippen MR) is 117 cm³/mol. The average molecular weight is 425 g/mol. The van der Waals surface area contributed by atoms with Gasteiger partial charge in [0, 0.05) is 54.1 Å². The zero-order valence-corrected chi connectivity index (χ0v) is 18.2. The molecule has 0 aliphatic carbocycles. The van der Waals surface area contributed by atoms with E-state index in [4.69, 9.17) is 9.51 Å². The Bertz CT molecular complexity index is 1160. The fourth-order valence-electron chi connectivity index (χ4n) is 5.37. The van der Waals surface area contributed by atoms with Crippen LogP contribution in [0.5, 0.6) is 0 Å². The Balaban J connectivity index is 1.27. The predicted octanol–water partition coefficient (Wildman–Crippen LogP) is 4.15. The molecule has 1 atom stereocenters. The van der Waals surface area contributed by atoms with Crippen LogP contribution in [0.1, 0.15) is 67.2 Å². The van der Waals surface area contributed by atoms with Gasteiger partial charge in [-0.05, 0) is 57.8 Å². The van der Waals surface area contributed by atoms with Gasteiger partial charge in [-0.1, -0.05) is 12.1 Å². The van der Waals surface area contributed by atoms with Crippen molar-refractivity contribution in [3.8, 4) is 0 Å². The van der Waals surface area contributed by atoms with Crippen LogP contribution >= 0.6 is 0 Å². The van der Waals surface area contributed by atoms with Crippen LogP contribution < -0.4 is 5.56 Å². The maximum absolute atomic E-state index is 13.4. The van der Waals surface area contributed by atoms with Gasteiger partial charge < -0.3 is 9.42 Å². The van der Waals surface area contributed by atoms with E-state index in [1.807, 2.05) is 11.5 Å². The molecular weight excluding hydrogens is 395 g/mol. The highest BCUT2D eigenvalue weighted by Crippen LogP contribution is 2.33. The molecule has 0 N–H and O–H groups in total. The first-order chi connectivity index (χ1) is 15.0. The SMILES string of the molecule is Cc1nc2n(c(=O)c1C(C)CN1CCC(c3noc4cc(F)ccc34)CC1)CCCC2. The summed E-state index contributed by atoms with van der Waals surface area (Å²) >= 11 is 0. The van der Waals surface area contributed by atoms with Gasteiger partial charge in [-0.15, -0.1) is 0 Å². The second kappa shape index (κ2) is 8.19. The Kier molecular flexibility index (Phi) is 5.38. The number of aryl methyl sites for hydroxylation is 2. The largest absolute Gasteiger partial charge is 0.356 e. The second-order valence-electron chi connectivity index (χ2n) is 9.13. The molecule has 3 aromatic rings. The minimum absolute atomic E-state index is 0.145. The molecule has 1 fully saturated rings. The lowest BCUT2D eigenvalue weighted by molar-refractivity contribution is 0.200. The van der Waals surface area contributed by atoms with Crippen LogP contribution in [0.2, 0.25) is 0 Å². The van der Waals surface area contributed by atoms with Crippen LogP contribution in [0.4, 0.5) is 4.39 Å². The van der Waals surface area contributed by atoms with E-state index in [1.165, 1.54) is 12.1 Å². The highest BCUT2D eigenvalue weighted by molar-refractivity contribution is 5.79. The molecule has 7 heteroatoms. The van der Waals surface area contributed by atoms with Crippen LogP contribution in [0, 0.1) is 12.7 Å². The number of likely N-dealkylation sites (tertiary alicyclic amines) is 1. The van der Waals surface area contributed by atoms with E-state index in [2.05, 4.69) is 17.0 Å². The van der Waals surface area contributed by atoms with Crippen LogP contribution in [0.25, 0.3) is 11.0 Å². The Morgan fingerprint density at radius 3 is 2.84 bits per heavy atom. The van der Waals surface area contributed by atoms with E-state index in [-0.39, 0.29) is 17.3 Å². The molecule has 4 heterocycles. The molecule has 1 aromatic carbocycles. The molecule has 2 aromatic heterocycles. The van der Waals surface area contributed by atoms with E-state index in [9.17, 15) is 9.18 Å². The molecule has 5 rings (SSSR count). The van der Waals surface area contributed by atoms with Gasteiger partial charge in [-0.3, -0.25) is 9.36 Å². The van der Waals surface area contributed by atoms with Gasteiger partial charge in [0.15, 0.2) is 5.58 Å². The summed E-state index contributed by atoms with van der Waals surface area (Å²) in [5.74, 6) is 1.11. The first-order valence-electron chi connectivity index (χ1n) is 11.4. The smallest absolute Gasteiger partial charge is 0.257 e. The lowest BCUT2D eigenvalue weighted by atomic mass is 9.90. The van der Waals surface area contributed by atoms with Crippen molar-refractivity contribution in [2.75, 3.05) is 19.6 Å². The average Bonchev–Trinajstić information content (AvgIpc) is 3.17. The van der Waals surface area contributed by atoms with E-state index in [1.54, 1.807) is 6.07 Å². The monoisotopic (exact) mass is 424 g/mol. The molecule has 6 nitrogen and oxygen atoms in total. The van der Waals surface area contributed by atoms with Gasteiger partial charge >= 0.3 is 0 Å². The Labute approximate surface area is 181 Å². The number of hydrogen-bond donors (Lipinski definition) is 0. The van der Waals surface area contributed by atoms with Gasteiger partial charge in [0.25, 0.3) is 5.56 Å². The summed E-state index contributed by atoms with van der Waals surface area (Å²) in [5.41, 5.74) is 3.38. The lowest BCUT2D eigenvalue weighted by Crippen LogP contribution is -2.38. The zero-order valence-electron chi connectivity index (χ0n) is 18.2. The summed E-state index contributed by atoms with van der Waals surface area (Å²) in [7, 11) is 0. The van der Waals surface area contributed by atoms with Crippen molar-refractivity contribution in [2.24, 2.45) is 0 Å². The molecule has 2 aliphatic heterocycles. The molecule has 1 saturated heterocycles. The Morgan fingerprint density at radius 1 is 1.23 bits per heavy atom. The quantitative estimate of drug-likeness (QED) is 0.630. The Hall–Kier alpha value is -2.54. The van der Waals surface area contributed by atoms with Gasteiger partial charge in [-0.2, -0.15) is 0 Å². The molecule has 0 amide bonds. The van der Waals surface area contributed by atoms with E-state index < -0.39 is 0 Å². The second-order valence-corrected chi connectivity index (χ2v) is 9.13. The summed E-state index contributed by atoms with van der Waals surface area (Å²) in [6.07, 6.45) is 5.04. The highest BCUT2D eigenvalue weighted by atomic mass is 19.1. The van der Waals surface area contributed by atoms with Gasteiger partial charge in [0.2, 0.25) is 0 Å². The summed E-state index contributed by atoms with van der Waals surface area (Å²) in [6.45, 7) is 7.67. The van der Waals surface area contributed by atoms with Gasteiger partial charge in [-0.25, -0.2) is 9.37 Å². The lowest BCUT2D eigenvalue weighted by Gasteiger charge is -2.33. The third kappa shape index (κ3) is 3.80. The van der Waals surface area contributed by atoms with E-state index in [0.29, 0.717) is 11.5 Å². The van der Waals surface area contributed by atoms with Gasteiger partial charge in [0.1, 0.15) is 11.6 Å². The number of piperidine rings is 1. The summed E-state index contributed by atoms with van der Waals surface area (Å²) in [4.78, 5) is 20.3. The molecule has 0 saturated carbocycles. The topological polar surface area (TPSA) is 64.2 Å². The zero-order chi connectivity index (χ0) is 21.5. The number of fused-ring (bicyclic) bond motifs is 2. The van der Waals surface area contributed by atoms with E-state index in [0.717, 1.165) is 86.4 Å². The van der Waals surface area contributed by atoms with Crippen molar-refractivity contribution in [3.63, 3.8) is 0 Å². The maximum atomic E-state index is 13.4. The number of halogens is 1. The standard InChI is InChI=1S/C24H29FN4O2/c1-15(22-16(2)26-21-5-3-4-10-29(21)24(22)30)14-28-11-8-17(9-12-28)23-19-7-6-18(25)13-20(19)31-27-23/h6-7,13,15,17H,3-5,8-12,14H2,1-2H3. The molecule has 2 aliphatic rings. The normalized spacial score (nSPS) is 18.9. The van der Waals surface area contributed by atoms with Crippen molar-refractivity contribution in [1.82, 2.24) is 19.6 Å². The summed E-state index contributed by atoms with van der Waals surface area (Å²) < 4.78 is 20.7. The number of benzene rings is 1. The first kappa shape index (κ1) is 20.4. The molecule has 0 bridgehead atoms. The van der Waals surface area contributed by atoms with Crippen molar-refractivity contribution in [1.29, 1.82) is 0 Å². The van der Waals surface area contributed by atoms with Crippen LogP contribution in [-0.4, -0.2) is 39.2 Å². The van der Waals surface area contributed by atoms with Crippen molar-refractivity contribution in [3.05, 3.63) is 57.1 Å². The number of hydrogen-bond acceptors (Lipinski definition) is 5. The highest BCUT2D eigenvalue weighted by Gasteiger charge is 2.28. The van der Waals surface area contributed by atoms with E-state index >= 15 is 0 Å². The summed E-state index contributed by atoms with van der Waals surface area (Å²) in [6, 6.07) is 4.63. The fraction of sp³-hybridized carbons (Fsp3) is 0.542. The van der Waals surface area contributed by atoms with Crippen molar-refractivity contribution >= 4 is 11.0 Å². The molecule has 0 radical (unpaired) electrons. The number of rotatable bonds is 4. The minimum Gasteiger partial charge on any atom is -0.356 e. The van der Waals surface area contributed by atoms with Crippen LogP contribution in [0.15, 0.2) is 27.5 Å². The third-order valence-electron chi connectivity index (χ3n) is 6.97. The molecular formula is C24H29FN4O2. The maximum Gasteiger partial charge on any atom is 0.257 e. The van der Waals surface area contributed by atoms with Gasteiger partial charge in [0.05, 0.1) is 5.69 Å². The van der Waals surface area contributed by atoms with Crippen LogP contribution in [-0.2, 0) is 13.0 Å². The molecule has 164 valence electrons. The van der Waals surface area contributed by atoms with Crippen molar-refractivity contribution < 1.29 is 8.91 Å². The minimum atomic E-state index is -0.304. The third-order valence-corrected chi connectivity index (χ3v) is 6.97. The van der Waals surface area contributed by atoms with Crippen LogP contribution in [0.3, 0.4) is 0 Å².